The van der Waals surface area contributed by atoms with E-state index in [2.05, 4.69) is 5.32 Å². The molecule has 18 heavy (non-hydrogen) atoms. The van der Waals surface area contributed by atoms with Crippen LogP contribution in [0.5, 0.6) is 5.75 Å². The molecule has 0 amide bonds. The largest absolute Gasteiger partial charge is 0.493 e. The van der Waals surface area contributed by atoms with Gasteiger partial charge in [-0.2, -0.15) is 0 Å². The first-order chi connectivity index (χ1) is 8.74. The van der Waals surface area contributed by atoms with Crippen molar-refractivity contribution in [2.75, 3.05) is 13.7 Å². The monoisotopic (exact) mass is 249 g/mol. The molecule has 1 saturated carbocycles. The predicted octanol–water partition coefficient (Wildman–Crippen LogP) is 2.12. The van der Waals surface area contributed by atoms with Crippen molar-refractivity contribution in [3.63, 3.8) is 0 Å². The quantitative estimate of drug-likeness (QED) is 0.785. The first-order valence-electron chi connectivity index (χ1n) is 6.32. The summed E-state index contributed by atoms with van der Waals surface area (Å²) in [5.41, 5.74) is 1.57. The lowest BCUT2D eigenvalue weighted by Crippen LogP contribution is -2.16. The number of ether oxygens (including phenoxy) is 2. The number of esters is 1. The third kappa shape index (κ3) is 3.23. The highest BCUT2D eigenvalue weighted by molar-refractivity contribution is 5.92. The zero-order valence-corrected chi connectivity index (χ0v) is 10.9. The van der Waals surface area contributed by atoms with Crippen molar-refractivity contribution in [2.24, 2.45) is 0 Å². The molecule has 0 atom stereocenters. The zero-order chi connectivity index (χ0) is 13.0. The highest BCUT2D eigenvalue weighted by Crippen LogP contribution is 2.23. The lowest BCUT2D eigenvalue weighted by Gasteiger charge is -2.11. The molecule has 0 unspecified atom stereocenters. The molecule has 1 N–H and O–H groups in total. The molecule has 98 valence electrons. The Morgan fingerprint density at radius 2 is 2.22 bits per heavy atom. The molecule has 0 spiro atoms. The summed E-state index contributed by atoms with van der Waals surface area (Å²) in [6.07, 6.45) is 2.50. The molecule has 1 fully saturated rings. The molecular weight excluding hydrogens is 230 g/mol. The van der Waals surface area contributed by atoms with Crippen LogP contribution in [0.2, 0.25) is 0 Å². The number of hydrogen-bond acceptors (Lipinski definition) is 4. The standard InChI is InChI=1S/C14H19NO3/c1-3-18-13-7-4-10(9-15-11-5-6-11)8-12(13)14(16)17-2/h4,7-8,11,15H,3,5-6,9H2,1-2H3. The maximum Gasteiger partial charge on any atom is 0.341 e. The Bertz CT molecular complexity index is 427. The number of rotatable bonds is 6. The van der Waals surface area contributed by atoms with E-state index in [1.807, 2.05) is 25.1 Å². The van der Waals surface area contributed by atoms with Gasteiger partial charge in [0.25, 0.3) is 0 Å². The second-order valence-corrected chi connectivity index (χ2v) is 4.41. The van der Waals surface area contributed by atoms with E-state index in [1.165, 1.54) is 20.0 Å². The molecule has 0 heterocycles. The number of carbonyl (C=O) groups is 1. The fraction of sp³-hybridized carbons (Fsp3) is 0.500. The lowest BCUT2D eigenvalue weighted by atomic mass is 10.1. The zero-order valence-electron chi connectivity index (χ0n) is 10.9. The molecule has 4 heteroatoms. The summed E-state index contributed by atoms with van der Waals surface area (Å²) in [6.45, 7) is 3.20. The van der Waals surface area contributed by atoms with Gasteiger partial charge in [0.05, 0.1) is 13.7 Å². The Morgan fingerprint density at radius 1 is 1.44 bits per heavy atom. The van der Waals surface area contributed by atoms with Gasteiger partial charge < -0.3 is 14.8 Å². The minimum absolute atomic E-state index is 0.355. The van der Waals surface area contributed by atoms with Gasteiger partial charge in [-0.15, -0.1) is 0 Å². The second kappa shape index (κ2) is 5.87. The van der Waals surface area contributed by atoms with Crippen LogP contribution < -0.4 is 10.1 Å². The maximum atomic E-state index is 11.7. The fourth-order valence-electron chi connectivity index (χ4n) is 1.79. The summed E-state index contributed by atoms with van der Waals surface area (Å²) < 4.78 is 10.2. The van der Waals surface area contributed by atoms with Crippen LogP contribution in [0.3, 0.4) is 0 Å². The molecule has 1 aliphatic rings. The molecule has 0 bridgehead atoms. The molecule has 0 aromatic heterocycles. The predicted molar refractivity (Wildman–Crippen MR) is 68.8 cm³/mol. The normalized spacial score (nSPS) is 14.3. The first-order valence-corrected chi connectivity index (χ1v) is 6.32. The highest BCUT2D eigenvalue weighted by atomic mass is 16.5. The summed E-state index contributed by atoms with van der Waals surface area (Å²) in [4.78, 5) is 11.7. The molecule has 1 aromatic carbocycles. The van der Waals surface area contributed by atoms with Crippen molar-refractivity contribution >= 4 is 5.97 Å². The van der Waals surface area contributed by atoms with Crippen molar-refractivity contribution < 1.29 is 14.3 Å². The van der Waals surface area contributed by atoms with E-state index in [1.54, 1.807) is 0 Å². The van der Waals surface area contributed by atoms with Crippen molar-refractivity contribution in [2.45, 2.75) is 32.4 Å². The lowest BCUT2D eigenvalue weighted by molar-refractivity contribution is 0.0596. The van der Waals surface area contributed by atoms with E-state index >= 15 is 0 Å². The molecule has 2 rings (SSSR count). The maximum absolute atomic E-state index is 11.7. The van der Waals surface area contributed by atoms with Gasteiger partial charge in [0.15, 0.2) is 0 Å². The number of hydrogen-bond donors (Lipinski definition) is 1. The first kappa shape index (κ1) is 12.9. The van der Waals surface area contributed by atoms with Gasteiger partial charge in [-0.05, 0) is 37.5 Å². The van der Waals surface area contributed by atoms with Gasteiger partial charge >= 0.3 is 5.97 Å². The van der Waals surface area contributed by atoms with Gasteiger partial charge in [-0.25, -0.2) is 4.79 Å². The number of methoxy groups -OCH3 is 1. The SMILES string of the molecule is CCOc1ccc(CNC2CC2)cc1C(=O)OC. The van der Waals surface area contributed by atoms with Crippen LogP contribution >= 0.6 is 0 Å². The van der Waals surface area contributed by atoms with Crippen molar-refractivity contribution in [1.82, 2.24) is 5.32 Å². The van der Waals surface area contributed by atoms with E-state index in [0.717, 1.165) is 12.1 Å². The Balaban J connectivity index is 2.14. The van der Waals surface area contributed by atoms with Gasteiger partial charge in [-0.3, -0.25) is 0 Å². The molecule has 1 aromatic rings. The second-order valence-electron chi connectivity index (χ2n) is 4.41. The summed E-state index contributed by atoms with van der Waals surface area (Å²) in [5, 5.41) is 3.42. The van der Waals surface area contributed by atoms with E-state index in [0.29, 0.717) is 24.0 Å². The summed E-state index contributed by atoms with van der Waals surface area (Å²) >= 11 is 0. The topological polar surface area (TPSA) is 47.6 Å². The van der Waals surface area contributed by atoms with Crippen LogP contribution in [0.1, 0.15) is 35.7 Å². The number of nitrogens with one attached hydrogen (secondary N) is 1. The van der Waals surface area contributed by atoms with E-state index in [-0.39, 0.29) is 5.97 Å². The molecule has 4 nitrogen and oxygen atoms in total. The van der Waals surface area contributed by atoms with Gasteiger partial charge in [0, 0.05) is 12.6 Å². The van der Waals surface area contributed by atoms with Crippen LogP contribution in [-0.2, 0) is 11.3 Å². The number of benzene rings is 1. The van der Waals surface area contributed by atoms with Crippen LogP contribution in [-0.4, -0.2) is 25.7 Å². The average Bonchev–Trinajstić information content (AvgIpc) is 3.21. The minimum atomic E-state index is -0.355. The summed E-state index contributed by atoms with van der Waals surface area (Å²) in [5.74, 6) is 0.228. The van der Waals surface area contributed by atoms with Gasteiger partial charge in [0.1, 0.15) is 11.3 Å². The Kier molecular flexibility index (Phi) is 4.20. The molecule has 1 aliphatic carbocycles. The van der Waals surface area contributed by atoms with Crippen molar-refractivity contribution in [3.05, 3.63) is 29.3 Å². The van der Waals surface area contributed by atoms with Crippen molar-refractivity contribution in [3.8, 4) is 5.75 Å². The highest BCUT2D eigenvalue weighted by Gasteiger charge is 2.20. The minimum Gasteiger partial charge on any atom is -0.493 e. The van der Waals surface area contributed by atoms with E-state index < -0.39 is 0 Å². The third-order valence-electron chi connectivity index (χ3n) is 2.92. The van der Waals surface area contributed by atoms with Crippen LogP contribution in [0.15, 0.2) is 18.2 Å². The molecule has 0 aliphatic heterocycles. The number of carbonyl (C=O) groups excluding carboxylic acids is 1. The molecule has 0 radical (unpaired) electrons. The molecular formula is C14H19NO3. The van der Waals surface area contributed by atoms with Gasteiger partial charge in [-0.1, -0.05) is 6.07 Å². The smallest absolute Gasteiger partial charge is 0.341 e. The fourth-order valence-corrected chi connectivity index (χ4v) is 1.79. The van der Waals surface area contributed by atoms with Gasteiger partial charge in [0.2, 0.25) is 0 Å². The average molecular weight is 249 g/mol. The third-order valence-corrected chi connectivity index (χ3v) is 2.92. The summed E-state index contributed by atoms with van der Waals surface area (Å²) in [6, 6.07) is 6.30. The van der Waals surface area contributed by atoms with Crippen molar-refractivity contribution in [1.29, 1.82) is 0 Å². The molecule has 0 saturated heterocycles. The van der Waals surface area contributed by atoms with Crippen LogP contribution in [0, 0.1) is 0 Å². The van der Waals surface area contributed by atoms with E-state index in [9.17, 15) is 4.79 Å². The Morgan fingerprint density at radius 3 is 2.83 bits per heavy atom. The van der Waals surface area contributed by atoms with Crippen LogP contribution in [0.4, 0.5) is 0 Å². The Hall–Kier alpha value is -1.55. The summed E-state index contributed by atoms with van der Waals surface area (Å²) in [7, 11) is 1.38. The Labute approximate surface area is 107 Å². The van der Waals surface area contributed by atoms with Crippen LogP contribution in [0.25, 0.3) is 0 Å². The van der Waals surface area contributed by atoms with E-state index in [4.69, 9.17) is 9.47 Å².